The fourth-order valence-corrected chi connectivity index (χ4v) is 4.55. The molecule has 0 aliphatic carbocycles. The first-order valence-electron chi connectivity index (χ1n) is 9.18. The second kappa shape index (κ2) is 8.40. The topological polar surface area (TPSA) is 48.3 Å². The van der Waals surface area contributed by atoms with Crippen molar-refractivity contribution in [3.05, 3.63) is 44.4 Å². The monoisotopic (exact) mass is 393 g/mol. The maximum Gasteiger partial charge on any atom is 0.315 e. The number of aryl methyl sites for hydroxylation is 1. The van der Waals surface area contributed by atoms with Crippen molar-refractivity contribution >= 4 is 34.7 Å². The standard InChI is InChI=1S/C20H24ClNO3S/c1-3-4-5-6-9-25-20(24)15-7-8-22-16(15)10-13(2)18(22)19(23)17-11-14(21)12-26-17/h10-12,15H,3-9H2,1-2H3. The highest BCUT2D eigenvalue weighted by Gasteiger charge is 2.34. The third-order valence-corrected chi connectivity index (χ3v) is 6.13. The molecule has 2 aromatic rings. The smallest absolute Gasteiger partial charge is 0.315 e. The van der Waals surface area contributed by atoms with E-state index in [1.807, 2.05) is 17.6 Å². The number of fused-ring (bicyclic) bond motifs is 1. The molecule has 3 heterocycles. The molecule has 0 aromatic carbocycles. The van der Waals surface area contributed by atoms with Crippen LogP contribution in [0.25, 0.3) is 0 Å². The van der Waals surface area contributed by atoms with E-state index in [0.29, 0.717) is 35.2 Å². The van der Waals surface area contributed by atoms with Gasteiger partial charge in [0.1, 0.15) is 0 Å². The summed E-state index contributed by atoms with van der Waals surface area (Å²) in [5.74, 6) is -0.469. The Hall–Kier alpha value is -1.59. The SMILES string of the molecule is CCCCCCOC(=O)C1CCn2c1cc(C)c2C(=O)c1cc(Cl)cs1. The zero-order valence-corrected chi connectivity index (χ0v) is 16.8. The van der Waals surface area contributed by atoms with Gasteiger partial charge in [0.05, 0.1) is 28.1 Å². The minimum absolute atomic E-state index is 0.0285. The molecule has 0 saturated carbocycles. The maximum atomic E-state index is 12.9. The van der Waals surface area contributed by atoms with E-state index < -0.39 is 0 Å². The number of nitrogens with zero attached hydrogens (tertiary/aromatic N) is 1. The molecule has 0 bridgehead atoms. The van der Waals surface area contributed by atoms with Crippen molar-refractivity contribution < 1.29 is 14.3 Å². The number of hydrogen-bond acceptors (Lipinski definition) is 4. The van der Waals surface area contributed by atoms with Crippen LogP contribution in [0.15, 0.2) is 17.5 Å². The number of carbonyl (C=O) groups is 2. The molecule has 4 nitrogen and oxygen atoms in total. The molecule has 2 aromatic heterocycles. The van der Waals surface area contributed by atoms with Gasteiger partial charge in [0.2, 0.25) is 5.78 Å². The van der Waals surface area contributed by atoms with Crippen molar-refractivity contribution in [2.45, 2.75) is 58.4 Å². The largest absolute Gasteiger partial charge is 0.465 e. The fourth-order valence-electron chi connectivity index (χ4n) is 3.54. The highest BCUT2D eigenvalue weighted by Crippen LogP contribution is 2.35. The first-order valence-corrected chi connectivity index (χ1v) is 10.4. The quantitative estimate of drug-likeness (QED) is 0.345. The molecule has 1 unspecified atom stereocenters. The zero-order chi connectivity index (χ0) is 18.7. The summed E-state index contributed by atoms with van der Waals surface area (Å²) in [6.45, 7) is 5.22. The van der Waals surface area contributed by atoms with Crippen LogP contribution in [0.1, 0.15) is 71.6 Å². The Bertz CT molecular complexity index is 808. The van der Waals surface area contributed by atoms with Crippen molar-refractivity contribution in [1.82, 2.24) is 4.57 Å². The number of thiophene rings is 1. The van der Waals surface area contributed by atoms with Gasteiger partial charge in [-0.15, -0.1) is 11.3 Å². The van der Waals surface area contributed by atoms with Gasteiger partial charge < -0.3 is 9.30 Å². The molecule has 3 rings (SSSR count). The molecule has 6 heteroatoms. The molecular formula is C20H24ClNO3S. The number of unbranched alkanes of at least 4 members (excludes halogenated alkanes) is 3. The lowest BCUT2D eigenvalue weighted by molar-refractivity contribution is -0.145. The minimum atomic E-state index is -0.270. The van der Waals surface area contributed by atoms with Crippen LogP contribution in [0.4, 0.5) is 0 Å². The van der Waals surface area contributed by atoms with Crippen molar-refractivity contribution in [3.8, 4) is 0 Å². The number of hydrogen-bond donors (Lipinski definition) is 0. The van der Waals surface area contributed by atoms with Crippen LogP contribution in [0.2, 0.25) is 5.02 Å². The average molecular weight is 394 g/mol. The normalized spacial score (nSPS) is 15.9. The number of carbonyl (C=O) groups excluding carboxylic acids is 2. The summed E-state index contributed by atoms with van der Waals surface area (Å²) in [5.41, 5.74) is 2.46. The summed E-state index contributed by atoms with van der Waals surface area (Å²) in [6.07, 6.45) is 5.02. The van der Waals surface area contributed by atoms with E-state index in [-0.39, 0.29) is 17.7 Å². The third-order valence-electron chi connectivity index (χ3n) is 4.85. The van der Waals surface area contributed by atoms with Crippen LogP contribution < -0.4 is 0 Å². The molecule has 0 N–H and O–H groups in total. The lowest BCUT2D eigenvalue weighted by Crippen LogP contribution is -2.14. The highest BCUT2D eigenvalue weighted by atomic mass is 35.5. The third kappa shape index (κ3) is 3.89. The second-order valence-electron chi connectivity index (χ2n) is 6.78. The predicted octanol–water partition coefficient (Wildman–Crippen LogP) is 5.35. The summed E-state index contributed by atoms with van der Waals surface area (Å²) in [6, 6.07) is 3.66. The summed E-state index contributed by atoms with van der Waals surface area (Å²) in [7, 11) is 0. The Labute approximate surface area is 163 Å². The van der Waals surface area contributed by atoms with Crippen LogP contribution in [0.3, 0.4) is 0 Å². The van der Waals surface area contributed by atoms with Gasteiger partial charge in [-0.25, -0.2) is 0 Å². The van der Waals surface area contributed by atoms with Gasteiger partial charge in [0.25, 0.3) is 0 Å². The molecule has 0 saturated heterocycles. The number of ether oxygens (including phenoxy) is 1. The molecule has 0 radical (unpaired) electrons. The van der Waals surface area contributed by atoms with E-state index in [0.717, 1.165) is 30.5 Å². The first-order chi connectivity index (χ1) is 12.5. The lowest BCUT2D eigenvalue weighted by Gasteiger charge is -2.09. The Morgan fingerprint density at radius 3 is 2.81 bits per heavy atom. The van der Waals surface area contributed by atoms with Crippen LogP contribution in [-0.4, -0.2) is 22.9 Å². The van der Waals surface area contributed by atoms with Gasteiger partial charge in [-0.1, -0.05) is 37.8 Å². The van der Waals surface area contributed by atoms with Crippen LogP contribution in [-0.2, 0) is 16.1 Å². The number of rotatable bonds is 8. The van der Waals surface area contributed by atoms with Gasteiger partial charge in [-0.2, -0.15) is 0 Å². The number of halogens is 1. The first kappa shape index (κ1) is 19.2. The van der Waals surface area contributed by atoms with E-state index in [1.54, 1.807) is 11.4 Å². The summed E-state index contributed by atoms with van der Waals surface area (Å²) < 4.78 is 7.45. The van der Waals surface area contributed by atoms with Crippen LogP contribution in [0.5, 0.6) is 0 Å². The lowest BCUT2D eigenvalue weighted by atomic mass is 10.0. The number of ketones is 1. The summed E-state index contributed by atoms with van der Waals surface area (Å²) in [4.78, 5) is 26.0. The summed E-state index contributed by atoms with van der Waals surface area (Å²) >= 11 is 7.31. The highest BCUT2D eigenvalue weighted by molar-refractivity contribution is 7.12. The molecule has 0 amide bonds. The molecule has 1 aliphatic rings. The van der Waals surface area contributed by atoms with Gasteiger partial charge in [-0.3, -0.25) is 9.59 Å². The molecule has 0 fully saturated rings. The summed E-state index contributed by atoms with van der Waals surface area (Å²) in [5, 5.41) is 2.34. The number of aromatic nitrogens is 1. The van der Waals surface area contributed by atoms with E-state index in [2.05, 4.69) is 6.92 Å². The minimum Gasteiger partial charge on any atom is -0.465 e. The average Bonchev–Trinajstić information content (AvgIpc) is 3.28. The predicted molar refractivity (Wildman–Crippen MR) is 104 cm³/mol. The van der Waals surface area contributed by atoms with Gasteiger partial charge in [0.15, 0.2) is 0 Å². The zero-order valence-electron chi connectivity index (χ0n) is 15.2. The fraction of sp³-hybridized carbons (Fsp3) is 0.500. The van der Waals surface area contributed by atoms with Crippen molar-refractivity contribution in [1.29, 1.82) is 0 Å². The molecule has 0 spiro atoms. The second-order valence-corrected chi connectivity index (χ2v) is 8.13. The van der Waals surface area contributed by atoms with Gasteiger partial charge in [0, 0.05) is 17.6 Å². The Morgan fingerprint density at radius 1 is 1.31 bits per heavy atom. The molecule has 1 aliphatic heterocycles. The van der Waals surface area contributed by atoms with Gasteiger partial charge >= 0.3 is 5.97 Å². The van der Waals surface area contributed by atoms with E-state index in [1.165, 1.54) is 17.8 Å². The van der Waals surface area contributed by atoms with Crippen LogP contribution in [0, 0.1) is 6.92 Å². The molecular weight excluding hydrogens is 370 g/mol. The maximum absolute atomic E-state index is 12.9. The van der Waals surface area contributed by atoms with Crippen molar-refractivity contribution in [2.75, 3.05) is 6.61 Å². The Balaban J connectivity index is 1.72. The van der Waals surface area contributed by atoms with Crippen LogP contribution >= 0.6 is 22.9 Å². The molecule has 140 valence electrons. The van der Waals surface area contributed by atoms with E-state index >= 15 is 0 Å². The van der Waals surface area contributed by atoms with Crippen molar-refractivity contribution in [2.24, 2.45) is 0 Å². The van der Waals surface area contributed by atoms with E-state index in [4.69, 9.17) is 16.3 Å². The van der Waals surface area contributed by atoms with E-state index in [9.17, 15) is 9.59 Å². The number of esters is 1. The molecule has 1 atom stereocenters. The Morgan fingerprint density at radius 2 is 2.12 bits per heavy atom. The molecule has 26 heavy (non-hydrogen) atoms. The van der Waals surface area contributed by atoms with Gasteiger partial charge in [-0.05, 0) is 37.5 Å². The Kier molecular flexibility index (Phi) is 6.20. The van der Waals surface area contributed by atoms with Crippen molar-refractivity contribution in [3.63, 3.8) is 0 Å².